The lowest BCUT2D eigenvalue weighted by molar-refractivity contribution is 0.0943. The smallest absolute Gasteiger partial charge is 0.263 e. The summed E-state index contributed by atoms with van der Waals surface area (Å²) >= 11 is 0. The molecule has 0 unspecified atom stereocenters. The highest BCUT2D eigenvalue weighted by Gasteiger charge is 2.19. The van der Waals surface area contributed by atoms with Gasteiger partial charge in [0.25, 0.3) is 11.8 Å². The summed E-state index contributed by atoms with van der Waals surface area (Å²) in [5.41, 5.74) is 4.36. The molecule has 0 aliphatic rings. The van der Waals surface area contributed by atoms with E-state index in [9.17, 15) is 9.59 Å². The third kappa shape index (κ3) is 2.77. The van der Waals surface area contributed by atoms with Crippen LogP contribution < -0.4 is 0 Å². The molecule has 0 aliphatic heterocycles. The summed E-state index contributed by atoms with van der Waals surface area (Å²) in [7, 11) is 0. The first-order valence-electron chi connectivity index (χ1n) is 8.47. The molecule has 0 aliphatic carbocycles. The first-order valence-corrected chi connectivity index (χ1v) is 8.47. The SMILES string of the molecule is Cc1nc(C)n(C(=O)c2ccc(C(=O)n3c(C)nc(C)c3C)cc2)c1C. The van der Waals surface area contributed by atoms with Crippen molar-refractivity contribution in [2.24, 2.45) is 0 Å². The number of rotatable bonds is 2. The Morgan fingerprint density at radius 1 is 0.654 bits per heavy atom. The summed E-state index contributed by atoms with van der Waals surface area (Å²) in [6.07, 6.45) is 0. The number of nitrogens with zero attached hydrogens (tertiary/aromatic N) is 4. The van der Waals surface area contributed by atoms with Gasteiger partial charge in [-0.05, 0) is 65.8 Å². The number of aromatic nitrogens is 4. The Morgan fingerprint density at radius 3 is 1.19 bits per heavy atom. The van der Waals surface area contributed by atoms with Gasteiger partial charge in [-0.3, -0.25) is 18.7 Å². The monoisotopic (exact) mass is 350 g/mol. The maximum absolute atomic E-state index is 12.8. The van der Waals surface area contributed by atoms with E-state index in [1.165, 1.54) is 0 Å². The fourth-order valence-electron chi connectivity index (χ4n) is 3.17. The van der Waals surface area contributed by atoms with Gasteiger partial charge in [-0.15, -0.1) is 0 Å². The molecule has 6 nitrogen and oxygen atoms in total. The zero-order valence-corrected chi connectivity index (χ0v) is 15.9. The average molecular weight is 350 g/mol. The molecule has 2 heterocycles. The van der Waals surface area contributed by atoms with Crippen LogP contribution in [0.4, 0.5) is 0 Å². The molecule has 2 aromatic heterocycles. The third-order valence-corrected chi connectivity index (χ3v) is 4.81. The van der Waals surface area contributed by atoms with Crippen LogP contribution in [0.15, 0.2) is 24.3 Å². The van der Waals surface area contributed by atoms with Gasteiger partial charge in [0.05, 0.1) is 11.4 Å². The van der Waals surface area contributed by atoms with Gasteiger partial charge in [0.15, 0.2) is 0 Å². The number of hydrogen-bond donors (Lipinski definition) is 0. The van der Waals surface area contributed by atoms with Crippen LogP contribution in [-0.2, 0) is 0 Å². The Balaban J connectivity index is 1.93. The highest BCUT2D eigenvalue weighted by molar-refractivity contribution is 6.00. The van der Waals surface area contributed by atoms with Crippen LogP contribution in [0.25, 0.3) is 0 Å². The van der Waals surface area contributed by atoms with Crippen molar-refractivity contribution < 1.29 is 9.59 Å². The van der Waals surface area contributed by atoms with Crippen molar-refractivity contribution >= 4 is 11.8 Å². The van der Waals surface area contributed by atoms with Crippen LogP contribution in [0.5, 0.6) is 0 Å². The second-order valence-corrected chi connectivity index (χ2v) is 6.52. The van der Waals surface area contributed by atoms with Gasteiger partial charge in [0, 0.05) is 22.5 Å². The van der Waals surface area contributed by atoms with Gasteiger partial charge >= 0.3 is 0 Å². The highest BCUT2D eigenvalue weighted by atomic mass is 16.2. The number of benzene rings is 1. The maximum Gasteiger partial charge on any atom is 0.263 e. The van der Waals surface area contributed by atoms with Crippen LogP contribution in [0.3, 0.4) is 0 Å². The Bertz CT molecular complexity index is 940. The van der Waals surface area contributed by atoms with E-state index < -0.39 is 0 Å². The molecule has 0 N–H and O–H groups in total. The summed E-state index contributed by atoms with van der Waals surface area (Å²) in [5, 5.41) is 0. The quantitative estimate of drug-likeness (QED) is 0.711. The van der Waals surface area contributed by atoms with Crippen molar-refractivity contribution in [1.29, 1.82) is 0 Å². The van der Waals surface area contributed by atoms with E-state index in [-0.39, 0.29) is 11.8 Å². The molecule has 6 heteroatoms. The second-order valence-electron chi connectivity index (χ2n) is 6.52. The Hall–Kier alpha value is -3.02. The molecule has 1 aromatic carbocycles. The van der Waals surface area contributed by atoms with Crippen molar-refractivity contribution in [2.75, 3.05) is 0 Å². The molecule has 0 bridgehead atoms. The van der Waals surface area contributed by atoms with Gasteiger partial charge in [-0.25, -0.2) is 9.97 Å². The standard InChI is InChI=1S/C20H22N4O2/c1-11-13(3)23(15(5)21-11)19(25)17-7-9-18(10-8-17)20(26)24-14(4)12(2)22-16(24)6/h7-10H,1-6H3. The van der Waals surface area contributed by atoms with Crippen LogP contribution in [0.2, 0.25) is 0 Å². The molecule has 0 amide bonds. The van der Waals surface area contributed by atoms with E-state index in [4.69, 9.17) is 0 Å². The van der Waals surface area contributed by atoms with E-state index in [1.807, 2.05) is 41.5 Å². The number of carbonyl (C=O) groups is 2. The first-order chi connectivity index (χ1) is 12.2. The predicted octanol–water partition coefficient (Wildman–Crippen LogP) is 3.31. The molecule has 3 rings (SSSR count). The highest BCUT2D eigenvalue weighted by Crippen LogP contribution is 2.16. The molecular formula is C20H22N4O2. The average Bonchev–Trinajstić information content (AvgIpc) is 3.01. The van der Waals surface area contributed by atoms with E-state index in [0.29, 0.717) is 22.8 Å². The van der Waals surface area contributed by atoms with E-state index in [0.717, 1.165) is 22.8 Å². The van der Waals surface area contributed by atoms with Crippen molar-refractivity contribution in [2.45, 2.75) is 41.5 Å². The van der Waals surface area contributed by atoms with Gasteiger partial charge in [-0.2, -0.15) is 0 Å². The fourth-order valence-corrected chi connectivity index (χ4v) is 3.17. The Labute approximate surface area is 152 Å². The normalized spacial score (nSPS) is 11.0. The summed E-state index contributed by atoms with van der Waals surface area (Å²) in [6, 6.07) is 6.72. The largest absolute Gasteiger partial charge is 0.268 e. The molecule has 26 heavy (non-hydrogen) atoms. The van der Waals surface area contributed by atoms with Crippen molar-refractivity contribution in [3.05, 3.63) is 69.8 Å². The minimum absolute atomic E-state index is 0.148. The van der Waals surface area contributed by atoms with E-state index >= 15 is 0 Å². The zero-order valence-electron chi connectivity index (χ0n) is 15.9. The van der Waals surface area contributed by atoms with E-state index in [2.05, 4.69) is 9.97 Å². The maximum atomic E-state index is 12.8. The number of aryl methyl sites for hydroxylation is 4. The third-order valence-electron chi connectivity index (χ3n) is 4.81. The summed E-state index contributed by atoms with van der Waals surface area (Å²) in [6.45, 7) is 11.1. The first kappa shape index (κ1) is 17.8. The van der Waals surface area contributed by atoms with Crippen LogP contribution in [-0.4, -0.2) is 30.9 Å². The summed E-state index contributed by atoms with van der Waals surface area (Å²) < 4.78 is 3.19. The van der Waals surface area contributed by atoms with Crippen molar-refractivity contribution in [3.63, 3.8) is 0 Å². The molecule has 0 radical (unpaired) electrons. The van der Waals surface area contributed by atoms with Gasteiger partial charge < -0.3 is 0 Å². The summed E-state index contributed by atoms with van der Waals surface area (Å²) in [5.74, 6) is 1.02. The topological polar surface area (TPSA) is 69.8 Å². The Morgan fingerprint density at radius 2 is 0.962 bits per heavy atom. The molecule has 0 atom stereocenters. The van der Waals surface area contributed by atoms with Crippen LogP contribution >= 0.6 is 0 Å². The lowest BCUT2D eigenvalue weighted by Crippen LogP contribution is -2.17. The predicted molar refractivity (Wildman–Crippen MR) is 98.8 cm³/mol. The lowest BCUT2D eigenvalue weighted by atomic mass is 10.1. The minimum Gasteiger partial charge on any atom is -0.268 e. The molecule has 0 saturated carbocycles. The molecule has 134 valence electrons. The van der Waals surface area contributed by atoms with Gasteiger partial charge in [0.1, 0.15) is 11.6 Å². The number of carbonyl (C=O) groups excluding carboxylic acids is 2. The van der Waals surface area contributed by atoms with Crippen molar-refractivity contribution in [3.8, 4) is 0 Å². The number of imidazole rings is 2. The summed E-state index contributed by atoms with van der Waals surface area (Å²) in [4.78, 5) is 34.3. The molecule has 0 spiro atoms. The van der Waals surface area contributed by atoms with Crippen molar-refractivity contribution in [1.82, 2.24) is 19.1 Å². The van der Waals surface area contributed by atoms with Crippen LogP contribution in [0, 0.1) is 41.5 Å². The number of hydrogen-bond acceptors (Lipinski definition) is 4. The molecule has 3 aromatic rings. The van der Waals surface area contributed by atoms with Crippen LogP contribution in [0.1, 0.15) is 55.1 Å². The van der Waals surface area contributed by atoms with E-state index in [1.54, 1.807) is 33.4 Å². The second kappa shape index (κ2) is 6.37. The molecule has 0 saturated heterocycles. The fraction of sp³-hybridized carbons (Fsp3) is 0.300. The zero-order chi connectivity index (χ0) is 19.2. The van der Waals surface area contributed by atoms with Gasteiger partial charge in [-0.1, -0.05) is 0 Å². The Kier molecular flexibility index (Phi) is 4.36. The molecule has 0 fully saturated rings. The van der Waals surface area contributed by atoms with Gasteiger partial charge in [0.2, 0.25) is 0 Å². The minimum atomic E-state index is -0.148. The molecular weight excluding hydrogens is 328 g/mol. The lowest BCUT2D eigenvalue weighted by Gasteiger charge is -2.09.